The van der Waals surface area contributed by atoms with Gasteiger partial charge in [0.15, 0.2) is 0 Å². The second kappa shape index (κ2) is 7.35. The fourth-order valence-electron chi connectivity index (χ4n) is 3.36. The zero-order valence-electron chi connectivity index (χ0n) is 14.3. The van der Waals surface area contributed by atoms with Crippen LogP contribution in [-0.2, 0) is 11.2 Å². The van der Waals surface area contributed by atoms with Gasteiger partial charge in [0.2, 0.25) is 5.91 Å². The van der Waals surface area contributed by atoms with Crippen molar-refractivity contribution in [2.75, 3.05) is 13.1 Å². The number of benzene rings is 1. The lowest BCUT2D eigenvalue weighted by Gasteiger charge is -2.16. The molecule has 1 aliphatic rings. The normalized spacial score (nSPS) is 19.7. The summed E-state index contributed by atoms with van der Waals surface area (Å²) in [7, 11) is 0. The number of rotatable bonds is 4. The summed E-state index contributed by atoms with van der Waals surface area (Å²) < 4.78 is 0. The molecule has 0 spiro atoms. The highest BCUT2D eigenvalue weighted by molar-refractivity contribution is 7.13. The summed E-state index contributed by atoms with van der Waals surface area (Å²) in [6.07, 6.45) is 3.83. The molecule has 1 amide bonds. The van der Waals surface area contributed by atoms with Crippen molar-refractivity contribution >= 4 is 17.2 Å². The van der Waals surface area contributed by atoms with Gasteiger partial charge in [-0.05, 0) is 17.7 Å². The van der Waals surface area contributed by atoms with Crippen LogP contribution in [0.4, 0.5) is 0 Å². The first-order valence-electron chi connectivity index (χ1n) is 8.64. The standard InChI is InChI=1S/C20H20N4OS/c21-18-12-24(11-17(18)14-5-2-1-3-6-14)19(25)9-16-13-26-20(23-16)15-7-4-8-22-10-15/h1-8,10,13,17-18H,9,11-12,21H2/t17-,18+/m0/s1. The number of hydrogen-bond donors (Lipinski definition) is 1. The highest BCUT2D eigenvalue weighted by Crippen LogP contribution is 2.27. The van der Waals surface area contributed by atoms with E-state index in [-0.39, 0.29) is 17.9 Å². The fraction of sp³-hybridized carbons (Fsp3) is 0.250. The third-order valence-electron chi connectivity index (χ3n) is 4.74. The quantitative estimate of drug-likeness (QED) is 0.773. The highest BCUT2D eigenvalue weighted by atomic mass is 32.1. The summed E-state index contributed by atoms with van der Waals surface area (Å²) in [4.78, 5) is 23.3. The lowest BCUT2D eigenvalue weighted by atomic mass is 9.95. The fourth-order valence-corrected chi connectivity index (χ4v) is 4.17. The third kappa shape index (κ3) is 3.52. The topological polar surface area (TPSA) is 72.1 Å². The van der Waals surface area contributed by atoms with Crippen molar-refractivity contribution in [1.29, 1.82) is 0 Å². The molecular formula is C20H20N4OS. The molecule has 132 valence electrons. The number of amides is 1. The van der Waals surface area contributed by atoms with Crippen molar-refractivity contribution in [2.45, 2.75) is 18.4 Å². The number of hydrogen-bond acceptors (Lipinski definition) is 5. The van der Waals surface area contributed by atoms with Crippen molar-refractivity contribution in [3.63, 3.8) is 0 Å². The van der Waals surface area contributed by atoms with Crippen molar-refractivity contribution in [3.05, 3.63) is 71.5 Å². The van der Waals surface area contributed by atoms with Gasteiger partial charge < -0.3 is 10.6 Å². The van der Waals surface area contributed by atoms with Crippen LogP contribution in [-0.4, -0.2) is 39.9 Å². The van der Waals surface area contributed by atoms with Crippen LogP contribution in [0.2, 0.25) is 0 Å². The molecule has 0 saturated carbocycles. The van der Waals surface area contributed by atoms with E-state index in [1.807, 2.05) is 40.6 Å². The van der Waals surface area contributed by atoms with Gasteiger partial charge in [0.25, 0.3) is 0 Å². The Morgan fingerprint density at radius 1 is 1.19 bits per heavy atom. The minimum atomic E-state index is -0.0252. The highest BCUT2D eigenvalue weighted by Gasteiger charge is 2.33. The Kier molecular flexibility index (Phi) is 4.77. The van der Waals surface area contributed by atoms with Gasteiger partial charge in [-0.1, -0.05) is 30.3 Å². The molecule has 0 aliphatic carbocycles. The second-order valence-corrected chi connectivity index (χ2v) is 7.40. The molecule has 6 heteroatoms. The van der Waals surface area contributed by atoms with Crippen LogP contribution in [0.15, 0.2) is 60.2 Å². The van der Waals surface area contributed by atoms with Gasteiger partial charge in [0.05, 0.1) is 12.1 Å². The number of thiazole rings is 1. The number of likely N-dealkylation sites (tertiary alicyclic amines) is 1. The van der Waals surface area contributed by atoms with Gasteiger partial charge in [-0.15, -0.1) is 11.3 Å². The molecule has 1 aliphatic heterocycles. The first kappa shape index (κ1) is 16.9. The molecule has 26 heavy (non-hydrogen) atoms. The summed E-state index contributed by atoms with van der Waals surface area (Å²) in [6.45, 7) is 1.27. The van der Waals surface area contributed by atoms with E-state index in [9.17, 15) is 4.79 Å². The average molecular weight is 364 g/mol. The van der Waals surface area contributed by atoms with Crippen LogP contribution in [0.25, 0.3) is 10.6 Å². The van der Waals surface area contributed by atoms with Crippen molar-refractivity contribution < 1.29 is 4.79 Å². The molecule has 3 heterocycles. The molecule has 0 unspecified atom stereocenters. The number of carbonyl (C=O) groups is 1. The molecule has 0 radical (unpaired) electrons. The first-order chi connectivity index (χ1) is 12.7. The molecule has 3 aromatic rings. The van der Waals surface area contributed by atoms with Crippen LogP contribution in [0.3, 0.4) is 0 Å². The number of nitrogens with zero attached hydrogens (tertiary/aromatic N) is 3. The first-order valence-corrected chi connectivity index (χ1v) is 9.52. The van der Waals surface area contributed by atoms with E-state index in [0.29, 0.717) is 19.5 Å². The Balaban J connectivity index is 1.42. The van der Waals surface area contributed by atoms with Gasteiger partial charge in [0, 0.05) is 48.4 Å². The molecule has 0 bridgehead atoms. The largest absolute Gasteiger partial charge is 0.340 e. The Bertz CT molecular complexity index is 881. The molecule has 1 aromatic carbocycles. The molecule has 2 aromatic heterocycles. The van der Waals surface area contributed by atoms with Crippen LogP contribution in [0.1, 0.15) is 17.2 Å². The van der Waals surface area contributed by atoms with Gasteiger partial charge >= 0.3 is 0 Å². The molecule has 1 fully saturated rings. The summed E-state index contributed by atoms with van der Waals surface area (Å²) in [5.74, 6) is 0.281. The maximum atomic E-state index is 12.7. The van der Waals surface area contributed by atoms with Crippen LogP contribution >= 0.6 is 11.3 Å². The van der Waals surface area contributed by atoms with E-state index in [1.165, 1.54) is 16.9 Å². The summed E-state index contributed by atoms with van der Waals surface area (Å²) in [5.41, 5.74) is 9.27. The Labute approximate surface area is 156 Å². The maximum Gasteiger partial charge on any atom is 0.228 e. The zero-order chi connectivity index (χ0) is 17.9. The molecule has 4 rings (SSSR count). The zero-order valence-corrected chi connectivity index (χ0v) is 15.1. The number of pyridine rings is 1. The summed E-state index contributed by atoms with van der Waals surface area (Å²) >= 11 is 1.54. The summed E-state index contributed by atoms with van der Waals surface area (Å²) in [6, 6.07) is 14.0. The minimum absolute atomic E-state index is 0.0252. The Hall–Kier alpha value is -2.57. The van der Waals surface area contributed by atoms with E-state index >= 15 is 0 Å². The van der Waals surface area contributed by atoms with E-state index < -0.39 is 0 Å². The predicted octanol–water partition coefficient (Wildman–Crippen LogP) is 2.70. The van der Waals surface area contributed by atoms with Crippen LogP contribution in [0, 0.1) is 0 Å². The number of carbonyl (C=O) groups excluding carboxylic acids is 1. The van der Waals surface area contributed by atoms with Crippen molar-refractivity contribution in [2.24, 2.45) is 5.73 Å². The van der Waals surface area contributed by atoms with E-state index in [2.05, 4.69) is 22.1 Å². The van der Waals surface area contributed by atoms with Gasteiger partial charge in [-0.3, -0.25) is 9.78 Å². The third-order valence-corrected chi connectivity index (χ3v) is 5.68. The van der Waals surface area contributed by atoms with Crippen molar-refractivity contribution in [1.82, 2.24) is 14.9 Å². The van der Waals surface area contributed by atoms with E-state index in [4.69, 9.17) is 5.73 Å². The number of aromatic nitrogens is 2. The maximum absolute atomic E-state index is 12.7. The Morgan fingerprint density at radius 2 is 2.04 bits per heavy atom. The van der Waals surface area contributed by atoms with E-state index in [0.717, 1.165) is 16.3 Å². The SMILES string of the molecule is N[C@@H]1CN(C(=O)Cc2csc(-c3cccnc3)n2)C[C@H]1c1ccccc1. The van der Waals surface area contributed by atoms with Gasteiger partial charge in [0.1, 0.15) is 5.01 Å². The second-order valence-electron chi connectivity index (χ2n) is 6.54. The minimum Gasteiger partial charge on any atom is -0.340 e. The molecule has 2 N–H and O–H groups in total. The van der Waals surface area contributed by atoms with Gasteiger partial charge in [-0.2, -0.15) is 0 Å². The van der Waals surface area contributed by atoms with Crippen LogP contribution in [0.5, 0.6) is 0 Å². The average Bonchev–Trinajstić information content (AvgIpc) is 3.30. The smallest absolute Gasteiger partial charge is 0.228 e. The molecular weight excluding hydrogens is 344 g/mol. The monoisotopic (exact) mass is 364 g/mol. The Morgan fingerprint density at radius 3 is 2.81 bits per heavy atom. The number of nitrogens with two attached hydrogens (primary N) is 1. The molecule has 5 nitrogen and oxygen atoms in total. The predicted molar refractivity (Wildman–Crippen MR) is 103 cm³/mol. The molecule has 1 saturated heterocycles. The lowest BCUT2D eigenvalue weighted by Crippen LogP contribution is -2.33. The van der Waals surface area contributed by atoms with E-state index in [1.54, 1.807) is 12.4 Å². The van der Waals surface area contributed by atoms with Gasteiger partial charge in [-0.25, -0.2) is 4.98 Å². The summed E-state index contributed by atoms with van der Waals surface area (Å²) in [5, 5.41) is 2.84. The van der Waals surface area contributed by atoms with Crippen LogP contribution < -0.4 is 5.73 Å². The molecule has 2 atom stereocenters. The van der Waals surface area contributed by atoms with Crippen molar-refractivity contribution in [3.8, 4) is 10.6 Å². The lowest BCUT2D eigenvalue weighted by molar-refractivity contribution is -0.129.